The van der Waals surface area contributed by atoms with Crippen LogP contribution >= 0.6 is 11.8 Å². The van der Waals surface area contributed by atoms with Gasteiger partial charge in [0.1, 0.15) is 5.60 Å². The summed E-state index contributed by atoms with van der Waals surface area (Å²) < 4.78 is 5.48. The van der Waals surface area contributed by atoms with Crippen LogP contribution in [0.3, 0.4) is 0 Å². The van der Waals surface area contributed by atoms with Gasteiger partial charge in [0.25, 0.3) is 0 Å². The summed E-state index contributed by atoms with van der Waals surface area (Å²) in [7, 11) is 0. The molecule has 160 valence electrons. The third-order valence-electron chi connectivity index (χ3n) is 5.91. The molecule has 3 saturated heterocycles. The van der Waals surface area contributed by atoms with Gasteiger partial charge in [-0.05, 0) is 34.1 Å². The summed E-state index contributed by atoms with van der Waals surface area (Å²) in [5.74, 6) is 2.53. The molecule has 0 saturated carbocycles. The van der Waals surface area contributed by atoms with Crippen molar-refractivity contribution in [3.05, 3.63) is 0 Å². The first kappa shape index (κ1) is 21.7. The lowest BCUT2D eigenvalue weighted by atomic mass is 10.2. The molecule has 0 spiro atoms. The lowest BCUT2D eigenvalue weighted by Crippen LogP contribution is -2.54. The monoisotopic (exact) mass is 412 g/mol. The molecule has 3 rings (SSSR count). The summed E-state index contributed by atoms with van der Waals surface area (Å²) >= 11 is 1.97. The maximum absolute atomic E-state index is 12.9. The van der Waals surface area contributed by atoms with Crippen LogP contribution in [0, 0.1) is 0 Å². The minimum absolute atomic E-state index is 0.0105. The molecule has 0 aliphatic carbocycles. The van der Waals surface area contributed by atoms with E-state index >= 15 is 0 Å². The van der Waals surface area contributed by atoms with Crippen LogP contribution in [0.1, 0.15) is 34.1 Å². The van der Waals surface area contributed by atoms with Crippen molar-refractivity contribution in [2.75, 3.05) is 63.9 Å². The lowest BCUT2D eigenvalue weighted by molar-refractivity contribution is -0.135. The Hall–Kier alpha value is -0.990. The lowest BCUT2D eigenvalue weighted by Gasteiger charge is -2.38. The highest BCUT2D eigenvalue weighted by molar-refractivity contribution is 7.99. The second kappa shape index (κ2) is 9.22. The molecule has 7 nitrogen and oxygen atoms in total. The molecular weight excluding hydrogens is 376 g/mol. The summed E-state index contributed by atoms with van der Waals surface area (Å²) in [5, 5.41) is 0. The fraction of sp³-hybridized carbons (Fsp3) is 0.900. The Morgan fingerprint density at radius 2 is 1.61 bits per heavy atom. The number of amides is 2. The van der Waals surface area contributed by atoms with Gasteiger partial charge in [-0.25, -0.2) is 4.79 Å². The van der Waals surface area contributed by atoms with Crippen LogP contribution in [0.5, 0.6) is 0 Å². The average Bonchev–Trinajstić information content (AvgIpc) is 3.16. The third-order valence-corrected chi connectivity index (χ3v) is 6.85. The number of carbonyl (C=O) groups is 2. The van der Waals surface area contributed by atoms with Crippen LogP contribution in [0.25, 0.3) is 0 Å². The first-order chi connectivity index (χ1) is 13.2. The molecule has 3 aliphatic heterocycles. The van der Waals surface area contributed by atoms with Gasteiger partial charge in [-0.15, -0.1) is 0 Å². The molecule has 2 atom stereocenters. The van der Waals surface area contributed by atoms with E-state index in [-0.39, 0.29) is 18.0 Å². The number of carbonyl (C=O) groups excluding carboxylic acids is 2. The molecule has 3 heterocycles. The van der Waals surface area contributed by atoms with E-state index in [1.54, 1.807) is 4.90 Å². The van der Waals surface area contributed by atoms with Crippen molar-refractivity contribution in [1.29, 1.82) is 0 Å². The molecule has 0 aromatic rings. The zero-order valence-electron chi connectivity index (χ0n) is 17.9. The number of rotatable bonds is 3. The molecule has 8 heteroatoms. The van der Waals surface area contributed by atoms with Gasteiger partial charge in [0.05, 0.1) is 6.04 Å². The maximum Gasteiger partial charge on any atom is 0.410 e. The standard InChI is InChI=1S/C20H36N4O3S/c1-16(21-11-13-28-14-12-21)18(25)24-6-5-17(15-24)22-7-9-23(10-8-22)19(26)27-20(2,3)4/h16-17H,5-15H2,1-4H3/t16-,17-/m1/s1. The van der Waals surface area contributed by atoms with E-state index in [9.17, 15) is 9.59 Å². The minimum atomic E-state index is -0.454. The predicted molar refractivity (Wildman–Crippen MR) is 113 cm³/mol. The van der Waals surface area contributed by atoms with Crippen molar-refractivity contribution in [3.8, 4) is 0 Å². The van der Waals surface area contributed by atoms with Crippen LogP contribution < -0.4 is 0 Å². The van der Waals surface area contributed by atoms with Gasteiger partial charge in [-0.3, -0.25) is 14.6 Å². The second-order valence-corrected chi connectivity index (χ2v) is 10.3. The van der Waals surface area contributed by atoms with E-state index < -0.39 is 5.60 Å². The van der Waals surface area contributed by atoms with Crippen molar-refractivity contribution < 1.29 is 14.3 Å². The van der Waals surface area contributed by atoms with Crippen molar-refractivity contribution in [1.82, 2.24) is 19.6 Å². The Morgan fingerprint density at radius 3 is 2.21 bits per heavy atom. The Morgan fingerprint density at radius 1 is 0.964 bits per heavy atom. The number of ether oxygens (including phenoxy) is 1. The summed E-state index contributed by atoms with van der Waals surface area (Å²) in [4.78, 5) is 33.8. The average molecular weight is 413 g/mol. The van der Waals surface area contributed by atoms with Crippen molar-refractivity contribution in [3.63, 3.8) is 0 Å². The van der Waals surface area contributed by atoms with Gasteiger partial charge in [-0.2, -0.15) is 11.8 Å². The van der Waals surface area contributed by atoms with Crippen LogP contribution in [0.4, 0.5) is 4.79 Å². The molecule has 28 heavy (non-hydrogen) atoms. The molecule has 3 fully saturated rings. The van der Waals surface area contributed by atoms with E-state index in [2.05, 4.69) is 21.6 Å². The fourth-order valence-electron chi connectivity index (χ4n) is 4.22. The van der Waals surface area contributed by atoms with Crippen LogP contribution in [0.2, 0.25) is 0 Å². The SMILES string of the molecule is C[C@H](C(=O)N1CC[C@@H](N2CCN(C(=O)OC(C)(C)C)CC2)C1)N1CCSCC1. The highest BCUT2D eigenvalue weighted by Gasteiger charge is 2.36. The van der Waals surface area contributed by atoms with Gasteiger partial charge in [0.2, 0.25) is 5.91 Å². The molecule has 0 N–H and O–H groups in total. The smallest absolute Gasteiger partial charge is 0.410 e. The van der Waals surface area contributed by atoms with Gasteiger partial charge in [0, 0.05) is 69.9 Å². The Bertz CT molecular complexity index is 554. The topological polar surface area (TPSA) is 56.3 Å². The number of nitrogens with zero attached hydrogens (tertiary/aromatic N) is 4. The van der Waals surface area contributed by atoms with E-state index in [0.29, 0.717) is 19.1 Å². The largest absolute Gasteiger partial charge is 0.444 e. The van der Waals surface area contributed by atoms with E-state index in [4.69, 9.17) is 4.74 Å². The second-order valence-electron chi connectivity index (χ2n) is 9.05. The molecule has 2 amide bonds. The fourth-order valence-corrected chi connectivity index (χ4v) is 5.15. The van der Waals surface area contributed by atoms with Gasteiger partial charge in [0.15, 0.2) is 0 Å². The molecule has 3 aliphatic rings. The van der Waals surface area contributed by atoms with Gasteiger partial charge >= 0.3 is 6.09 Å². The summed E-state index contributed by atoms with van der Waals surface area (Å²) in [6, 6.07) is 0.400. The summed E-state index contributed by atoms with van der Waals surface area (Å²) in [5.41, 5.74) is -0.454. The molecule has 0 aromatic carbocycles. The Balaban J connectivity index is 1.44. The van der Waals surface area contributed by atoms with Gasteiger partial charge in [-0.1, -0.05) is 0 Å². The summed E-state index contributed by atoms with van der Waals surface area (Å²) in [6.07, 6.45) is 0.810. The molecular formula is C20H36N4O3S. The van der Waals surface area contributed by atoms with Crippen LogP contribution in [0.15, 0.2) is 0 Å². The Labute approximate surface area is 173 Å². The molecule has 0 unspecified atom stereocenters. The number of thioether (sulfide) groups is 1. The molecule has 0 radical (unpaired) electrons. The van der Waals surface area contributed by atoms with E-state index in [0.717, 1.165) is 57.2 Å². The van der Waals surface area contributed by atoms with Crippen molar-refractivity contribution >= 4 is 23.8 Å². The first-order valence-electron chi connectivity index (χ1n) is 10.6. The number of hydrogen-bond acceptors (Lipinski definition) is 6. The summed E-state index contributed by atoms with van der Waals surface area (Å²) in [6.45, 7) is 14.5. The third kappa shape index (κ3) is 5.54. The van der Waals surface area contributed by atoms with Gasteiger partial charge < -0.3 is 14.5 Å². The molecule has 0 aromatic heterocycles. The minimum Gasteiger partial charge on any atom is -0.444 e. The number of hydrogen-bond donors (Lipinski definition) is 0. The Kier molecular flexibility index (Phi) is 7.15. The highest BCUT2D eigenvalue weighted by Crippen LogP contribution is 2.21. The zero-order valence-corrected chi connectivity index (χ0v) is 18.7. The first-order valence-corrected chi connectivity index (χ1v) is 11.7. The highest BCUT2D eigenvalue weighted by atomic mass is 32.2. The van der Waals surface area contributed by atoms with E-state index in [1.165, 1.54) is 0 Å². The quantitative estimate of drug-likeness (QED) is 0.702. The normalized spacial score (nSPS) is 26.4. The van der Waals surface area contributed by atoms with Crippen molar-refractivity contribution in [2.24, 2.45) is 0 Å². The predicted octanol–water partition coefficient (Wildman–Crippen LogP) is 1.58. The van der Waals surface area contributed by atoms with Crippen LogP contribution in [-0.4, -0.2) is 113 Å². The van der Waals surface area contributed by atoms with Crippen molar-refractivity contribution in [2.45, 2.75) is 51.8 Å². The van der Waals surface area contributed by atoms with Crippen LogP contribution in [-0.2, 0) is 9.53 Å². The van der Waals surface area contributed by atoms with E-state index in [1.807, 2.05) is 32.5 Å². The number of piperazine rings is 1. The molecule has 0 bridgehead atoms. The zero-order chi connectivity index (χ0) is 20.3. The maximum atomic E-state index is 12.9. The number of likely N-dealkylation sites (tertiary alicyclic amines) is 1.